The van der Waals surface area contributed by atoms with Gasteiger partial charge in [0.2, 0.25) is 5.72 Å². The number of rotatable bonds is 4. The number of methoxy groups -OCH3 is 1. The van der Waals surface area contributed by atoms with E-state index >= 15 is 0 Å². The predicted molar refractivity (Wildman–Crippen MR) is 73.0 cm³/mol. The van der Waals surface area contributed by atoms with Gasteiger partial charge in [-0.15, -0.1) is 0 Å². The molecule has 1 aromatic carbocycles. The molecule has 0 saturated carbocycles. The van der Waals surface area contributed by atoms with Gasteiger partial charge in [0.1, 0.15) is 10.6 Å². The van der Waals surface area contributed by atoms with Gasteiger partial charge in [-0.1, -0.05) is 6.92 Å². The smallest absolute Gasteiger partial charge is 0.369 e. The van der Waals surface area contributed by atoms with Gasteiger partial charge < -0.3 is 14.0 Å². The lowest BCUT2D eigenvalue weighted by atomic mass is 10.00. The lowest BCUT2D eigenvalue weighted by Gasteiger charge is -2.24. The number of hydrogen-bond acceptors (Lipinski definition) is 7. The van der Waals surface area contributed by atoms with Gasteiger partial charge in [0.05, 0.1) is 7.11 Å². The highest BCUT2D eigenvalue weighted by Gasteiger charge is 2.48. The van der Waals surface area contributed by atoms with E-state index in [9.17, 15) is 18.3 Å². The molecule has 0 spiro atoms. The van der Waals surface area contributed by atoms with Crippen LogP contribution in [0.5, 0.6) is 5.75 Å². The molecule has 0 amide bonds. The quantitative estimate of drug-likeness (QED) is 0.768. The Morgan fingerprint density at radius 2 is 2.00 bits per heavy atom. The first kappa shape index (κ1) is 15.7. The Kier molecular flexibility index (Phi) is 4.22. The summed E-state index contributed by atoms with van der Waals surface area (Å²) in [4.78, 5) is 11.8. The van der Waals surface area contributed by atoms with Gasteiger partial charge in [0.15, 0.2) is 0 Å². The van der Waals surface area contributed by atoms with E-state index in [0.717, 1.165) is 0 Å². The minimum atomic E-state index is -4.29. The maximum absolute atomic E-state index is 12.0. The summed E-state index contributed by atoms with van der Waals surface area (Å²) in [5, 5.41) is 12.7. The van der Waals surface area contributed by atoms with E-state index in [2.05, 4.69) is 9.50 Å². The topological polar surface area (TPSA) is 102 Å². The molecule has 0 aliphatic carbocycles. The fraction of sp³-hybridized carbons (Fsp3) is 0.462. The largest absolute Gasteiger partial charge is 0.497 e. The Morgan fingerprint density at radius 3 is 2.48 bits per heavy atom. The SMILES string of the molecule is COc1ccc(S(=O)(=O)OC(=O)[C@]2(O)NCCC2C)cc1. The number of carbonyl (C=O) groups is 1. The Labute approximate surface area is 123 Å². The summed E-state index contributed by atoms with van der Waals surface area (Å²) < 4.78 is 33.5. The minimum absolute atomic E-state index is 0.189. The van der Waals surface area contributed by atoms with E-state index in [-0.39, 0.29) is 4.90 Å². The highest BCUT2D eigenvalue weighted by molar-refractivity contribution is 7.87. The van der Waals surface area contributed by atoms with Gasteiger partial charge >= 0.3 is 16.1 Å². The summed E-state index contributed by atoms with van der Waals surface area (Å²) in [6.45, 7) is 2.05. The standard InChI is InChI=1S/C13H17NO6S/c1-9-7-8-14-13(9,16)12(15)20-21(17,18)11-5-3-10(19-2)4-6-11/h3-6,9,14,16H,7-8H2,1-2H3/t9?,13-/m0/s1. The zero-order chi connectivity index (χ0) is 15.7. The van der Waals surface area contributed by atoms with Crippen molar-refractivity contribution < 1.29 is 27.2 Å². The van der Waals surface area contributed by atoms with Crippen LogP contribution in [-0.4, -0.2) is 38.9 Å². The van der Waals surface area contributed by atoms with Crippen molar-refractivity contribution in [2.24, 2.45) is 5.92 Å². The van der Waals surface area contributed by atoms with Crippen molar-refractivity contribution in [2.75, 3.05) is 13.7 Å². The molecule has 0 radical (unpaired) electrons. The first-order valence-electron chi connectivity index (χ1n) is 6.40. The van der Waals surface area contributed by atoms with Crippen LogP contribution in [0.25, 0.3) is 0 Å². The van der Waals surface area contributed by atoms with Crippen molar-refractivity contribution in [1.29, 1.82) is 0 Å². The maximum Gasteiger partial charge on any atom is 0.369 e. The molecule has 7 nitrogen and oxygen atoms in total. The molecule has 1 aliphatic heterocycles. The average molecular weight is 315 g/mol. The van der Waals surface area contributed by atoms with Gasteiger partial charge in [-0.3, -0.25) is 5.32 Å². The first-order chi connectivity index (χ1) is 9.79. The number of carbonyl (C=O) groups excluding carboxylic acids is 1. The molecule has 21 heavy (non-hydrogen) atoms. The van der Waals surface area contributed by atoms with Crippen LogP contribution in [0.2, 0.25) is 0 Å². The summed E-state index contributed by atoms with van der Waals surface area (Å²) in [5.74, 6) is -1.18. The average Bonchev–Trinajstić information content (AvgIpc) is 2.79. The highest BCUT2D eigenvalue weighted by atomic mass is 32.2. The number of hydrogen-bond donors (Lipinski definition) is 2. The van der Waals surface area contributed by atoms with E-state index in [1.807, 2.05) is 0 Å². The van der Waals surface area contributed by atoms with E-state index in [4.69, 9.17) is 4.74 Å². The monoisotopic (exact) mass is 315 g/mol. The summed E-state index contributed by atoms with van der Waals surface area (Å²) >= 11 is 0. The molecule has 1 saturated heterocycles. The van der Waals surface area contributed by atoms with E-state index < -0.39 is 27.7 Å². The molecule has 2 atom stereocenters. The second kappa shape index (κ2) is 5.63. The summed E-state index contributed by atoms with van der Waals surface area (Å²) in [6, 6.07) is 5.39. The summed E-state index contributed by atoms with van der Waals surface area (Å²) in [7, 11) is -2.84. The Hall–Kier alpha value is -1.64. The third-order valence-corrected chi connectivity index (χ3v) is 4.75. The van der Waals surface area contributed by atoms with Crippen molar-refractivity contribution in [1.82, 2.24) is 5.32 Å². The van der Waals surface area contributed by atoms with E-state index in [1.165, 1.54) is 31.4 Å². The second-order valence-corrected chi connectivity index (χ2v) is 6.43. The molecule has 2 rings (SSSR count). The molecule has 2 N–H and O–H groups in total. The second-order valence-electron chi connectivity index (χ2n) is 4.88. The molecule has 1 fully saturated rings. The lowest BCUT2D eigenvalue weighted by molar-refractivity contribution is -0.161. The third kappa shape index (κ3) is 3.02. The van der Waals surface area contributed by atoms with Gasteiger partial charge in [-0.2, -0.15) is 8.42 Å². The number of aliphatic hydroxyl groups is 1. The van der Waals surface area contributed by atoms with Crippen LogP contribution in [0.4, 0.5) is 0 Å². The molecular formula is C13H17NO6S. The number of nitrogens with one attached hydrogen (secondary N) is 1. The van der Waals surface area contributed by atoms with Gasteiger partial charge in [-0.05, 0) is 37.2 Å². The fourth-order valence-corrected chi connectivity index (χ4v) is 2.98. The first-order valence-corrected chi connectivity index (χ1v) is 7.81. The highest BCUT2D eigenvalue weighted by Crippen LogP contribution is 2.27. The Balaban J connectivity index is 2.18. The molecule has 0 aromatic heterocycles. The van der Waals surface area contributed by atoms with Crippen LogP contribution < -0.4 is 10.1 Å². The van der Waals surface area contributed by atoms with Crippen LogP contribution in [-0.2, 0) is 19.1 Å². The van der Waals surface area contributed by atoms with Gasteiger partial charge in [0.25, 0.3) is 0 Å². The minimum Gasteiger partial charge on any atom is -0.497 e. The van der Waals surface area contributed by atoms with Crippen molar-refractivity contribution in [3.63, 3.8) is 0 Å². The van der Waals surface area contributed by atoms with Crippen molar-refractivity contribution in [3.8, 4) is 5.75 Å². The van der Waals surface area contributed by atoms with Crippen LogP contribution in [0.3, 0.4) is 0 Å². The molecule has 116 valence electrons. The van der Waals surface area contributed by atoms with Crippen LogP contribution >= 0.6 is 0 Å². The number of ether oxygens (including phenoxy) is 1. The Bertz CT molecular complexity index is 627. The third-order valence-electron chi connectivity index (χ3n) is 3.53. The van der Waals surface area contributed by atoms with E-state index in [0.29, 0.717) is 18.7 Å². The predicted octanol–water partition coefficient (Wildman–Crippen LogP) is 0.245. The zero-order valence-corrected chi connectivity index (χ0v) is 12.5. The van der Waals surface area contributed by atoms with Crippen molar-refractivity contribution >= 4 is 16.1 Å². The van der Waals surface area contributed by atoms with Crippen molar-refractivity contribution in [2.45, 2.75) is 24.0 Å². The van der Waals surface area contributed by atoms with Gasteiger partial charge in [-0.25, -0.2) is 4.79 Å². The van der Waals surface area contributed by atoms with Gasteiger partial charge in [0, 0.05) is 5.92 Å². The van der Waals surface area contributed by atoms with Crippen LogP contribution in [0.1, 0.15) is 13.3 Å². The normalized spacial score (nSPS) is 25.6. The Morgan fingerprint density at radius 1 is 1.38 bits per heavy atom. The lowest BCUT2D eigenvalue weighted by Crippen LogP contribution is -2.52. The van der Waals surface area contributed by atoms with E-state index in [1.54, 1.807) is 6.92 Å². The molecule has 1 aliphatic rings. The molecular weight excluding hydrogens is 298 g/mol. The fourth-order valence-electron chi connectivity index (χ4n) is 2.09. The van der Waals surface area contributed by atoms with Crippen molar-refractivity contribution in [3.05, 3.63) is 24.3 Å². The molecule has 1 aromatic rings. The summed E-state index contributed by atoms with van der Waals surface area (Å²) in [5.41, 5.74) is -1.97. The van der Waals surface area contributed by atoms with Crippen LogP contribution in [0, 0.1) is 5.92 Å². The molecule has 1 heterocycles. The van der Waals surface area contributed by atoms with Crippen LogP contribution in [0.15, 0.2) is 29.2 Å². The molecule has 1 unspecified atom stereocenters. The number of benzene rings is 1. The summed E-state index contributed by atoms with van der Waals surface area (Å²) in [6.07, 6.45) is 0.550. The zero-order valence-electron chi connectivity index (χ0n) is 11.7. The maximum atomic E-state index is 12.0. The molecule has 8 heteroatoms. The molecule has 0 bridgehead atoms.